The van der Waals surface area contributed by atoms with Crippen LogP contribution in [0.2, 0.25) is 0 Å². The molecule has 1 saturated heterocycles. The Bertz CT molecular complexity index is 1370. The normalized spacial score (nSPS) is 14.1. The summed E-state index contributed by atoms with van der Waals surface area (Å²) in [4.78, 5) is 37.9. The van der Waals surface area contributed by atoms with E-state index < -0.39 is 0 Å². The van der Waals surface area contributed by atoms with Gasteiger partial charge in [-0.25, -0.2) is 4.98 Å². The van der Waals surface area contributed by atoms with Gasteiger partial charge in [0.15, 0.2) is 10.3 Å². The highest BCUT2D eigenvalue weighted by atomic mass is 32.2. The Morgan fingerprint density at radius 1 is 0.974 bits per heavy atom. The third kappa shape index (κ3) is 6.66. The molecule has 196 valence electrons. The largest absolute Gasteiger partial charge is 0.338 e. The maximum atomic E-state index is 12.6. The van der Waals surface area contributed by atoms with Crippen LogP contribution in [0.5, 0.6) is 0 Å². The van der Waals surface area contributed by atoms with Crippen molar-refractivity contribution in [1.82, 2.24) is 24.8 Å². The zero-order valence-corrected chi connectivity index (χ0v) is 23.2. The number of nitrogens with zero attached hydrogens (tertiary/aromatic N) is 6. The molecular formula is C27H30N8OS2. The molecule has 1 aliphatic rings. The molecule has 2 aromatic heterocycles. The van der Waals surface area contributed by atoms with Gasteiger partial charge in [0.25, 0.3) is 5.91 Å². The van der Waals surface area contributed by atoms with Crippen molar-refractivity contribution in [2.45, 2.75) is 29.8 Å². The predicted octanol–water partition coefficient (Wildman–Crippen LogP) is 5.35. The van der Waals surface area contributed by atoms with Gasteiger partial charge in [-0.2, -0.15) is 15.0 Å². The number of aromatic nitrogens is 4. The van der Waals surface area contributed by atoms with Crippen molar-refractivity contribution in [3.63, 3.8) is 0 Å². The zero-order valence-electron chi connectivity index (χ0n) is 21.6. The quantitative estimate of drug-likeness (QED) is 0.303. The molecule has 0 bridgehead atoms. The summed E-state index contributed by atoms with van der Waals surface area (Å²) in [5, 5.41) is 7.54. The van der Waals surface area contributed by atoms with Crippen LogP contribution in [-0.4, -0.2) is 64.0 Å². The van der Waals surface area contributed by atoms with Gasteiger partial charge in [-0.05, 0) is 61.1 Å². The van der Waals surface area contributed by atoms with Gasteiger partial charge in [0.1, 0.15) is 0 Å². The minimum absolute atomic E-state index is 0.152. The number of hydrogen-bond donors (Lipinski definition) is 2. The highest BCUT2D eigenvalue weighted by Gasteiger charge is 2.20. The number of thiazole rings is 1. The van der Waals surface area contributed by atoms with Crippen molar-refractivity contribution in [2.24, 2.45) is 0 Å². The van der Waals surface area contributed by atoms with Crippen LogP contribution in [0.3, 0.4) is 0 Å². The van der Waals surface area contributed by atoms with E-state index in [4.69, 9.17) is 9.97 Å². The molecular weight excluding hydrogens is 516 g/mol. The average molecular weight is 547 g/mol. The van der Waals surface area contributed by atoms with Gasteiger partial charge >= 0.3 is 0 Å². The highest BCUT2D eigenvalue weighted by Crippen LogP contribution is 2.30. The van der Waals surface area contributed by atoms with Crippen molar-refractivity contribution >= 4 is 51.7 Å². The molecule has 1 fully saturated rings. The lowest BCUT2D eigenvalue weighted by atomic mass is 10.2. The van der Waals surface area contributed by atoms with Crippen LogP contribution in [0.4, 0.5) is 22.7 Å². The van der Waals surface area contributed by atoms with E-state index in [1.54, 1.807) is 11.3 Å². The minimum atomic E-state index is -0.152. The number of benzene rings is 2. The second kappa shape index (κ2) is 11.9. The maximum absolute atomic E-state index is 12.6. The number of carbonyl (C=O) groups excluding carboxylic acids is 1. The average Bonchev–Trinajstić information content (AvgIpc) is 3.39. The molecule has 0 spiro atoms. The number of nitrogens with one attached hydrogen (secondary N) is 2. The van der Waals surface area contributed by atoms with Crippen LogP contribution in [-0.2, 0) is 0 Å². The van der Waals surface area contributed by atoms with Crippen LogP contribution in [0, 0.1) is 0 Å². The van der Waals surface area contributed by atoms with Gasteiger partial charge in [0, 0.05) is 53.4 Å². The summed E-state index contributed by atoms with van der Waals surface area (Å²) in [6, 6.07) is 16.9. The molecule has 0 saturated carbocycles. The fourth-order valence-corrected chi connectivity index (χ4v) is 5.36. The Labute approximate surface area is 230 Å². The van der Waals surface area contributed by atoms with Crippen LogP contribution in [0.15, 0.2) is 70.8 Å². The van der Waals surface area contributed by atoms with Crippen molar-refractivity contribution in [3.8, 4) is 0 Å². The molecule has 1 aliphatic heterocycles. The molecule has 4 aromatic rings. The summed E-state index contributed by atoms with van der Waals surface area (Å²) >= 11 is 3.04. The Kier molecular flexibility index (Phi) is 8.16. The predicted molar refractivity (Wildman–Crippen MR) is 154 cm³/mol. The van der Waals surface area contributed by atoms with Gasteiger partial charge in [-0.3, -0.25) is 10.1 Å². The monoisotopic (exact) mass is 546 g/mol. The molecule has 0 radical (unpaired) electrons. The zero-order chi connectivity index (χ0) is 26.5. The molecule has 5 rings (SSSR count). The van der Waals surface area contributed by atoms with Crippen molar-refractivity contribution in [1.29, 1.82) is 0 Å². The van der Waals surface area contributed by atoms with E-state index in [1.165, 1.54) is 16.6 Å². The summed E-state index contributed by atoms with van der Waals surface area (Å²) in [6.45, 7) is 7.91. The van der Waals surface area contributed by atoms with E-state index in [0.717, 1.165) is 41.9 Å². The Morgan fingerprint density at radius 3 is 2.39 bits per heavy atom. The van der Waals surface area contributed by atoms with Crippen LogP contribution in [0.1, 0.15) is 35.0 Å². The molecule has 0 aliphatic carbocycles. The lowest BCUT2D eigenvalue weighted by Crippen LogP contribution is -2.45. The lowest BCUT2D eigenvalue weighted by molar-refractivity contribution is 0.102. The van der Waals surface area contributed by atoms with Crippen LogP contribution >= 0.6 is 23.1 Å². The number of piperazine rings is 1. The smallest absolute Gasteiger partial charge is 0.255 e. The van der Waals surface area contributed by atoms with Gasteiger partial charge in [0.2, 0.25) is 11.9 Å². The number of carbonyl (C=O) groups is 1. The first-order valence-electron chi connectivity index (χ1n) is 12.5. The fraction of sp³-hybridized carbons (Fsp3) is 0.296. The van der Waals surface area contributed by atoms with Crippen LogP contribution in [0.25, 0.3) is 0 Å². The van der Waals surface area contributed by atoms with Gasteiger partial charge in [-0.15, -0.1) is 11.3 Å². The van der Waals surface area contributed by atoms with E-state index in [0.29, 0.717) is 28.5 Å². The molecule has 2 aromatic carbocycles. The number of anilines is 4. The van der Waals surface area contributed by atoms with Gasteiger partial charge in [0.05, 0.1) is 0 Å². The summed E-state index contributed by atoms with van der Waals surface area (Å²) in [5.74, 6) is 1.38. The van der Waals surface area contributed by atoms with Gasteiger partial charge < -0.3 is 15.1 Å². The first-order chi connectivity index (χ1) is 18.4. The van der Waals surface area contributed by atoms with E-state index in [-0.39, 0.29) is 5.91 Å². The van der Waals surface area contributed by atoms with Crippen molar-refractivity contribution < 1.29 is 4.79 Å². The first-order valence-corrected chi connectivity index (χ1v) is 14.1. The topological polar surface area (TPSA) is 99.2 Å². The third-order valence-corrected chi connectivity index (χ3v) is 8.14. The molecule has 9 nitrogen and oxygen atoms in total. The number of rotatable bonds is 8. The molecule has 1 amide bonds. The van der Waals surface area contributed by atoms with Gasteiger partial charge in [-0.1, -0.05) is 32.0 Å². The fourth-order valence-electron chi connectivity index (χ4n) is 3.81. The minimum Gasteiger partial charge on any atom is -0.338 e. The summed E-state index contributed by atoms with van der Waals surface area (Å²) in [7, 11) is 2.12. The van der Waals surface area contributed by atoms with Crippen molar-refractivity contribution in [2.75, 3.05) is 48.8 Å². The number of para-hydroxylation sites is 1. The molecule has 11 heteroatoms. The number of amides is 1. The highest BCUT2D eigenvalue weighted by molar-refractivity contribution is 7.99. The second-order valence-corrected chi connectivity index (χ2v) is 11.4. The summed E-state index contributed by atoms with van der Waals surface area (Å²) < 4.78 is 0. The maximum Gasteiger partial charge on any atom is 0.255 e. The molecule has 3 heterocycles. The van der Waals surface area contributed by atoms with E-state index in [2.05, 4.69) is 51.3 Å². The summed E-state index contributed by atoms with van der Waals surface area (Å²) in [5.41, 5.74) is 1.34. The van der Waals surface area contributed by atoms with E-state index in [9.17, 15) is 4.79 Å². The molecule has 38 heavy (non-hydrogen) atoms. The van der Waals surface area contributed by atoms with Crippen LogP contribution < -0.4 is 15.5 Å². The molecule has 2 N–H and O–H groups in total. The Balaban J connectivity index is 1.34. The Hall–Kier alpha value is -3.54. The SMILES string of the molecule is CC(C)c1cnc(Nc2nc(Sc3ccc(C(=O)Nc4ccccc4)cc3)nc(N3CCN(C)CC3)n2)s1. The Morgan fingerprint density at radius 2 is 1.71 bits per heavy atom. The number of hydrogen-bond acceptors (Lipinski definition) is 10. The van der Waals surface area contributed by atoms with E-state index >= 15 is 0 Å². The molecule has 0 atom stereocenters. The van der Waals surface area contributed by atoms with E-state index in [1.807, 2.05) is 60.8 Å². The number of likely N-dealkylation sites (N-methyl/N-ethyl adjacent to an activating group) is 1. The lowest BCUT2D eigenvalue weighted by Gasteiger charge is -2.32. The standard InChI is InChI=1S/C27H30N8OS2/c1-18(2)22-17-28-26(38-22)31-24-30-25(35-15-13-34(3)14-16-35)33-27(32-24)37-21-11-9-19(10-12-21)23(36)29-20-7-5-4-6-8-20/h4-12,17-18H,13-16H2,1-3H3,(H,29,36)(H,28,30,31,32,33). The molecule has 0 unspecified atom stereocenters. The first kappa shape index (κ1) is 26.1. The van der Waals surface area contributed by atoms with Crippen molar-refractivity contribution in [3.05, 3.63) is 71.2 Å². The summed E-state index contributed by atoms with van der Waals surface area (Å²) in [6.07, 6.45) is 1.89. The second-order valence-electron chi connectivity index (χ2n) is 9.33. The third-order valence-electron chi connectivity index (χ3n) is 6.06.